The van der Waals surface area contributed by atoms with Gasteiger partial charge in [-0.2, -0.15) is 13.2 Å². The zero-order chi connectivity index (χ0) is 14.8. The van der Waals surface area contributed by atoms with Gasteiger partial charge in [-0.25, -0.2) is 0 Å². The van der Waals surface area contributed by atoms with Crippen LogP contribution in [0.2, 0.25) is 0 Å². The van der Waals surface area contributed by atoms with Crippen LogP contribution in [0.3, 0.4) is 0 Å². The molecule has 0 N–H and O–H groups in total. The number of halogens is 3. The molecule has 0 radical (unpaired) electrons. The predicted molar refractivity (Wildman–Crippen MR) is 73.3 cm³/mol. The number of rotatable bonds is 3. The van der Waals surface area contributed by atoms with Crippen LogP contribution in [0.25, 0.3) is 0 Å². The average molecular weight is 298 g/mol. The van der Waals surface area contributed by atoms with Crippen molar-refractivity contribution in [3.63, 3.8) is 0 Å². The fourth-order valence-corrected chi connectivity index (χ4v) is 2.63. The summed E-state index contributed by atoms with van der Waals surface area (Å²) < 4.78 is 43.4. The Balaban J connectivity index is 2.35. The maximum Gasteiger partial charge on any atom is 0.416 e. The fraction of sp³-hybridized carbons (Fsp3) is 0.200. The smallest absolute Gasteiger partial charge is 0.416 e. The van der Waals surface area contributed by atoms with Crippen LogP contribution in [0.1, 0.15) is 11.1 Å². The minimum Gasteiger partial charge on any atom is -0.496 e. The Bertz CT molecular complexity index is 591. The van der Waals surface area contributed by atoms with Gasteiger partial charge >= 0.3 is 6.18 Å². The molecular formula is C15H13F3OS. The summed E-state index contributed by atoms with van der Waals surface area (Å²) in [5, 5.41) is 0. The number of aryl methyl sites for hydroxylation is 1. The summed E-state index contributed by atoms with van der Waals surface area (Å²) in [7, 11) is 1.45. The van der Waals surface area contributed by atoms with E-state index in [0.29, 0.717) is 10.6 Å². The van der Waals surface area contributed by atoms with Crippen LogP contribution in [0.4, 0.5) is 13.2 Å². The monoisotopic (exact) mass is 298 g/mol. The average Bonchev–Trinajstić information content (AvgIpc) is 2.40. The van der Waals surface area contributed by atoms with Crippen molar-refractivity contribution in [2.24, 2.45) is 0 Å². The molecule has 2 aromatic rings. The molecule has 0 saturated heterocycles. The van der Waals surface area contributed by atoms with E-state index in [1.54, 1.807) is 0 Å². The van der Waals surface area contributed by atoms with E-state index >= 15 is 0 Å². The van der Waals surface area contributed by atoms with Gasteiger partial charge in [0.1, 0.15) is 5.75 Å². The van der Waals surface area contributed by atoms with Crippen molar-refractivity contribution in [2.45, 2.75) is 22.9 Å². The van der Waals surface area contributed by atoms with E-state index in [1.807, 2.05) is 31.2 Å². The van der Waals surface area contributed by atoms with Crippen molar-refractivity contribution in [1.29, 1.82) is 0 Å². The summed E-state index contributed by atoms with van der Waals surface area (Å²) in [6.45, 7) is 1.96. The Kier molecular flexibility index (Phi) is 4.28. The van der Waals surface area contributed by atoms with Crippen LogP contribution in [-0.4, -0.2) is 7.11 Å². The standard InChI is InChI=1S/C15H13F3OS/c1-10-3-6-12(7-4-10)20-14-9-11(15(16,17)18)5-8-13(14)19-2/h3-9H,1-2H3. The molecule has 20 heavy (non-hydrogen) atoms. The molecule has 0 saturated carbocycles. The minimum absolute atomic E-state index is 0.434. The second-order valence-corrected chi connectivity index (χ2v) is 5.39. The Morgan fingerprint density at radius 1 is 1.00 bits per heavy atom. The van der Waals surface area contributed by atoms with Crippen molar-refractivity contribution in [3.8, 4) is 5.75 Å². The van der Waals surface area contributed by atoms with Crippen LogP contribution in [0.5, 0.6) is 5.75 Å². The van der Waals surface area contributed by atoms with Gasteiger partial charge in [-0.1, -0.05) is 29.5 Å². The Morgan fingerprint density at radius 2 is 1.65 bits per heavy atom. The number of methoxy groups -OCH3 is 1. The van der Waals surface area contributed by atoms with E-state index in [0.717, 1.165) is 22.6 Å². The lowest BCUT2D eigenvalue weighted by Gasteiger charge is -2.12. The molecule has 0 fully saturated rings. The molecule has 1 nitrogen and oxygen atoms in total. The first-order chi connectivity index (χ1) is 9.40. The molecule has 0 amide bonds. The minimum atomic E-state index is -4.35. The van der Waals surface area contributed by atoms with Crippen LogP contribution in [0, 0.1) is 6.92 Å². The summed E-state index contributed by atoms with van der Waals surface area (Å²) in [4.78, 5) is 1.32. The largest absolute Gasteiger partial charge is 0.496 e. The van der Waals surface area contributed by atoms with Crippen molar-refractivity contribution >= 4 is 11.8 Å². The number of alkyl halides is 3. The molecule has 0 spiro atoms. The highest BCUT2D eigenvalue weighted by atomic mass is 32.2. The molecule has 5 heteroatoms. The van der Waals surface area contributed by atoms with E-state index in [-0.39, 0.29) is 0 Å². The summed E-state index contributed by atoms with van der Waals surface area (Å²) >= 11 is 1.25. The summed E-state index contributed by atoms with van der Waals surface area (Å²) in [6.07, 6.45) is -4.35. The maximum atomic E-state index is 12.7. The molecule has 0 aliphatic rings. The van der Waals surface area contributed by atoms with E-state index in [4.69, 9.17) is 4.74 Å². The van der Waals surface area contributed by atoms with Crippen LogP contribution >= 0.6 is 11.8 Å². The SMILES string of the molecule is COc1ccc(C(F)(F)F)cc1Sc1ccc(C)cc1. The van der Waals surface area contributed by atoms with Crippen LogP contribution in [-0.2, 0) is 6.18 Å². The first kappa shape index (κ1) is 14.8. The van der Waals surface area contributed by atoms with Crippen molar-refractivity contribution < 1.29 is 17.9 Å². The molecule has 0 unspecified atom stereocenters. The van der Waals surface area contributed by atoms with Crippen molar-refractivity contribution in [3.05, 3.63) is 53.6 Å². The van der Waals surface area contributed by atoms with Crippen molar-refractivity contribution in [1.82, 2.24) is 0 Å². The molecule has 2 aromatic carbocycles. The highest BCUT2D eigenvalue weighted by Crippen LogP contribution is 2.39. The van der Waals surface area contributed by atoms with Gasteiger partial charge in [0.15, 0.2) is 0 Å². The molecule has 0 bridgehead atoms. The molecule has 0 atom stereocenters. The third-order valence-electron chi connectivity index (χ3n) is 2.74. The van der Waals surface area contributed by atoms with Gasteiger partial charge in [0, 0.05) is 4.90 Å². The molecule has 2 rings (SSSR count). The Labute approximate surface area is 119 Å². The fourth-order valence-electron chi connectivity index (χ4n) is 1.67. The first-order valence-corrected chi connectivity index (χ1v) is 6.71. The van der Waals surface area contributed by atoms with Crippen LogP contribution < -0.4 is 4.74 Å². The third kappa shape index (κ3) is 3.48. The highest BCUT2D eigenvalue weighted by Gasteiger charge is 2.31. The summed E-state index contributed by atoms with van der Waals surface area (Å²) in [5.74, 6) is 0.434. The molecular weight excluding hydrogens is 285 g/mol. The molecule has 0 aliphatic carbocycles. The topological polar surface area (TPSA) is 9.23 Å². The van der Waals surface area contributed by atoms with E-state index in [2.05, 4.69) is 0 Å². The number of benzene rings is 2. The first-order valence-electron chi connectivity index (χ1n) is 5.90. The van der Waals surface area contributed by atoms with E-state index < -0.39 is 11.7 Å². The maximum absolute atomic E-state index is 12.7. The number of ether oxygens (including phenoxy) is 1. The quantitative estimate of drug-likeness (QED) is 0.772. The van der Waals surface area contributed by atoms with Gasteiger partial charge in [0.25, 0.3) is 0 Å². The lowest BCUT2D eigenvalue weighted by Crippen LogP contribution is -2.05. The number of hydrogen-bond donors (Lipinski definition) is 0. The van der Waals surface area contributed by atoms with E-state index in [9.17, 15) is 13.2 Å². The van der Waals surface area contributed by atoms with Crippen molar-refractivity contribution in [2.75, 3.05) is 7.11 Å². The molecule has 106 valence electrons. The lowest BCUT2D eigenvalue weighted by atomic mass is 10.2. The predicted octanol–water partition coefficient (Wildman–Crippen LogP) is 5.17. The van der Waals surface area contributed by atoms with Gasteiger partial charge in [0.05, 0.1) is 17.6 Å². The highest BCUT2D eigenvalue weighted by molar-refractivity contribution is 7.99. The third-order valence-corrected chi connectivity index (χ3v) is 3.79. The Hall–Kier alpha value is -1.62. The zero-order valence-electron chi connectivity index (χ0n) is 11.0. The van der Waals surface area contributed by atoms with Gasteiger partial charge in [-0.15, -0.1) is 0 Å². The zero-order valence-corrected chi connectivity index (χ0v) is 11.8. The summed E-state index contributed by atoms with van der Waals surface area (Å²) in [6, 6.07) is 11.1. The number of hydrogen-bond acceptors (Lipinski definition) is 2. The summed E-state index contributed by atoms with van der Waals surface area (Å²) in [5.41, 5.74) is 0.429. The van der Waals surface area contributed by atoms with Gasteiger partial charge in [-0.3, -0.25) is 0 Å². The second kappa shape index (κ2) is 5.79. The normalized spacial score (nSPS) is 11.4. The molecule has 0 aromatic heterocycles. The Morgan fingerprint density at radius 3 is 2.20 bits per heavy atom. The van der Waals surface area contributed by atoms with Crippen LogP contribution in [0.15, 0.2) is 52.3 Å². The molecule has 0 heterocycles. The van der Waals surface area contributed by atoms with Gasteiger partial charge in [-0.05, 0) is 37.3 Å². The van der Waals surface area contributed by atoms with Gasteiger partial charge < -0.3 is 4.74 Å². The van der Waals surface area contributed by atoms with Gasteiger partial charge in [0.2, 0.25) is 0 Å². The molecule has 0 aliphatic heterocycles. The lowest BCUT2D eigenvalue weighted by molar-refractivity contribution is -0.137. The van der Waals surface area contributed by atoms with E-state index in [1.165, 1.54) is 24.9 Å². The second-order valence-electron chi connectivity index (χ2n) is 4.28.